The topological polar surface area (TPSA) is 64.9 Å². The highest BCUT2D eigenvalue weighted by molar-refractivity contribution is 7.23. The van der Waals surface area contributed by atoms with Gasteiger partial charge in [-0.1, -0.05) is 11.3 Å². The lowest BCUT2D eigenvalue weighted by molar-refractivity contribution is 0.0858. The van der Waals surface area contributed by atoms with Crippen LogP contribution in [0, 0.1) is 0 Å². The van der Waals surface area contributed by atoms with Crippen molar-refractivity contribution in [3.05, 3.63) is 54.2 Å². The second kappa shape index (κ2) is 8.08. The van der Waals surface area contributed by atoms with Crippen molar-refractivity contribution < 1.29 is 14.3 Å². The Balaban J connectivity index is 1.37. The summed E-state index contributed by atoms with van der Waals surface area (Å²) < 4.78 is 14.2. The average Bonchev–Trinajstić information content (AvgIpc) is 3.48. The van der Waals surface area contributed by atoms with Crippen LogP contribution in [-0.2, 0) is 4.74 Å². The van der Waals surface area contributed by atoms with E-state index < -0.39 is 0 Å². The number of carbonyl (C=O) groups excluding carboxylic acids is 1. The number of amides is 1. The van der Waals surface area contributed by atoms with Gasteiger partial charge in [0.2, 0.25) is 0 Å². The average molecular weight is 422 g/mol. The smallest absolute Gasteiger partial charge is 0.251 e. The van der Waals surface area contributed by atoms with Gasteiger partial charge in [0.05, 0.1) is 28.6 Å². The van der Waals surface area contributed by atoms with Gasteiger partial charge in [-0.3, -0.25) is 9.20 Å². The van der Waals surface area contributed by atoms with Crippen molar-refractivity contribution >= 4 is 32.4 Å². The van der Waals surface area contributed by atoms with Crippen LogP contribution >= 0.6 is 11.3 Å². The Morgan fingerprint density at radius 1 is 1.30 bits per heavy atom. The molecule has 1 atom stereocenters. The molecule has 0 bridgehead atoms. The fourth-order valence-electron chi connectivity index (χ4n) is 3.78. The van der Waals surface area contributed by atoms with E-state index in [2.05, 4.69) is 9.72 Å². The van der Waals surface area contributed by atoms with Crippen molar-refractivity contribution in [2.24, 2.45) is 0 Å². The van der Waals surface area contributed by atoms with Crippen LogP contribution in [0.1, 0.15) is 30.1 Å². The zero-order valence-electron chi connectivity index (χ0n) is 16.8. The minimum absolute atomic E-state index is 0.0616. The maximum atomic E-state index is 12.5. The molecule has 0 saturated carbocycles. The lowest BCUT2D eigenvalue weighted by Gasteiger charge is -2.10. The van der Waals surface area contributed by atoms with E-state index in [1.54, 1.807) is 11.3 Å². The summed E-state index contributed by atoms with van der Waals surface area (Å²) in [5.74, 6) is 0.798. The van der Waals surface area contributed by atoms with Gasteiger partial charge in [0, 0.05) is 30.5 Å². The molecule has 2 aromatic carbocycles. The number of ether oxygens (including phenoxy) is 2. The molecule has 7 heteroatoms. The van der Waals surface area contributed by atoms with Gasteiger partial charge in [0.1, 0.15) is 5.75 Å². The molecule has 6 nitrogen and oxygen atoms in total. The van der Waals surface area contributed by atoms with Crippen LogP contribution in [0.5, 0.6) is 5.75 Å². The summed E-state index contributed by atoms with van der Waals surface area (Å²) in [6, 6.07) is 13.8. The van der Waals surface area contributed by atoms with E-state index in [0.29, 0.717) is 18.7 Å². The van der Waals surface area contributed by atoms with E-state index in [4.69, 9.17) is 14.5 Å². The van der Waals surface area contributed by atoms with E-state index in [1.165, 1.54) is 0 Å². The molecule has 2 aromatic heterocycles. The van der Waals surface area contributed by atoms with Crippen LogP contribution < -0.4 is 10.1 Å². The van der Waals surface area contributed by atoms with Gasteiger partial charge in [-0.25, -0.2) is 4.98 Å². The highest BCUT2D eigenvalue weighted by atomic mass is 32.1. The first-order valence-electron chi connectivity index (χ1n) is 10.3. The number of carbonyl (C=O) groups is 1. The van der Waals surface area contributed by atoms with Crippen LogP contribution in [0.4, 0.5) is 0 Å². The first-order valence-corrected chi connectivity index (χ1v) is 11.1. The highest BCUT2D eigenvalue weighted by Crippen LogP contribution is 2.30. The molecular weight excluding hydrogens is 398 g/mol. The predicted molar refractivity (Wildman–Crippen MR) is 118 cm³/mol. The molecule has 4 aromatic rings. The fourth-order valence-corrected chi connectivity index (χ4v) is 4.83. The van der Waals surface area contributed by atoms with Crippen LogP contribution in [0.2, 0.25) is 0 Å². The summed E-state index contributed by atoms with van der Waals surface area (Å²) in [5, 5.41) is 2.99. The van der Waals surface area contributed by atoms with Crippen molar-refractivity contribution in [2.45, 2.75) is 25.9 Å². The molecule has 3 heterocycles. The number of imidazole rings is 1. The zero-order valence-corrected chi connectivity index (χ0v) is 17.6. The third kappa shape index (κ3) is 3.66. The summed E-state index contributed by atoms with van der Waals surface area (Å²) in [5.41, 5.74) is 3.68. The Morgan fingerprint density at radius 3 is 2.93 bits per heavy atom. The second-order valence-electron chi connectivity index (χ2n) is 7.37. The minimum Gasteiger partial charge on any atom is -0.494 e. The number of aromatic nitrogens is 2. The second-order valence-corrected chi connectivity index (χ2v) is 8.37. The van der Waals surface area contributed by atoms with Gasteiger partial charge in [-0.2, -0.15) is 0 Å². The standard InChI is InChI=1S/C23H23N3O3S/c1-2-28-17-8-5-15(6-9-17)19-14-26-20-10-7-16(12-21(20)30-23(26)25-19)22(27)24-13-18-4-3-11-29-18/h5-10,12,14,18H,2-4,11,13H2,1H3,(H,24,27)/t18-/m1/s1. The largest absolute Gasteiger partial charge is 0.494 e. The molecule has 0 radical (unpaired) electrons. The molecule has 1 fully saturated rings. The van der Waals surface area contributed by atoms with E-state index >= 15 is 0 Å². The molecular formula is C23H23N3O3S. The first kappa shape index (κ1) is 19.1. The third-order valence-electron chi connectivity index (χ3n) is 5.33. The molecule has 0 spiro atoms. The maximum absolute atomic E-state index is 12.5. The van der Waals surface area contributed by atoms with E-state index in [9.17, 15) is 4.79 Å². The van der Waals surface area contributed by atoms with Crippen molar-refractivity contribution in [1.29, 1.82) is 0 Å². The lowest BCUT2D eigenvalue weighted by atomic mass is 10.1. The van der Waals surface area contributed by atoms with Crippen LogP contribution in [0.3, 0.4) is 0 Å². The summed E-state index contributed by atoms with van der Waals surface area (Å²) in [6.45, 7) is 3.98. The molecule has 0 unspecified atom stereocenters. The minimum atomic E-state index is -0.0616. The number of nitrogens with one attached hydrogen (secondary N) is 1. The lowest BCUT2D eigenvalue weighted by Crippen LogP contribution is -2.31. The molecule has 30 heavy (non-hydrogen) atoms. The molecule has 0 aliphatic carbocycles. The van der Waals surface area contributed by atoms with Crippen LogP contribution in [0.25, 0.3) is 26.4 Å². The summed E-state index contributed by atoms with van der Waals surface area (Å²) in [7, 11) is 0. The maximum Gasteiger partial charge on any atom is 0.251 e. The molecule has 154 valence electrons. The van der Waals surface area contributed by atoms with Gasteiger partial charge < -0.3 is 14.8 Å². The highest BCUT2D eigenvalue weighted by Gasteiger charge is 2.17. The van der Waals surface area contributed by atoms with Crippen molar-refractivity contribution in [3.63, 3.8) is 0 Å². The Bertz CT molecular complexity index is 1190. The van der Waals surface area contributed by atoms with E-state index in [-0.39, 0.29) is 12.0 Å². The SMILES string of the molecule is CCOc1ccc(-c2cn3c(n2)sc2cc(C(=O)NC[C@H]4CCCO4)ccc23)cc1. The number of benzene rings is 2. The molecule has 1 aliphatic rings. The summed E-state index contributed by atoms with van der Waals surface area (Å²) in [6.07, 6.45) is 4.27. The Morgan fingerprint density at radius 2 is 2.17 bits per heavy atom. The third-order valence-corrected chi connectivity index (χ3v) is 6.35. The predicted octanol–water partition coefficient (Wildman–Crippen LogP) is 4.52. The monoisotopic (exact) mass is 421 g/mol. The number of hydrogen-bond acceptors (Lipinski definition) is 5. The zero-order chi connectivity index (χ0) is 20.5. The number of fused-ring (bicyclic) bond motifs is 3. The summed E-state index contributed by atoms with van der Waals surface area (Å²) in [4.78, 5) is 18.2. The van der Waals surface area contributed by atoms with Crippen molar-refractivity contribution in [3.8, 4) is 17.0 Å². The van der Waals surface area contributed by atoms with Gasteiger partial charge in [0.25, 0.3) is 5.91 Å². The van der Waals surface area contributed by atoms with Gasteiger partial charge in [0.15, 0.2) is 4.96 Å². The van der Waals surface area contributed by atoms with Crippen LogP contribution in [0.15, 0.2) is 48.7 Å². The van der Waals surface area contributed by atoms with Gasteiger partial charge in [-0.05, 0) is 62.2 Å². The fraction of sp³-hybridized carbons (Fsp3) is 0.304. The quantitative estimate of drug-likeness (QED) is 0.497. The van der Waals surface area contributed by atoms with Gasteiger partial charge in [-0.15, -0.1) is 0 Å². The van der Waals surface area contributed by atoms with E-state index in [1.807, 2.05) is 55.6 Å². The Kier molecular flexibility index (Phi) is 5.14. The number of thiazole rings is 1. The Labute approximate surface area is 178 Å². The molecule has 1 saturated heterocycles. The Hall–Kier alpha value is -2.90. The van der Waals surface area contributed by atoms with Crippen LogP contribution in [-0.4, -0.2) is 41.2 Å². The summed E-state index contributed by atoms with van der Waals surface area (Å²) >= 11 is 1.59. The number of nitrogens with zero attached hydrogens (tertiary/aromatic N) is 2. The van der Waals surface area contributed by atoms with Crippen molar-refractivity contribution in [2.75, 3.05) is 19.8 Å². The van der Waals surface area contributed by atoms with Crippen molar-refractivity contribution in [1.82, 2.24) is 14.7 Å². The molecule has 1 aliphatic heterocycles. The first-order chi connectivity index (χ1) is 14.7. The number of rotatable bonds is 6. The molecule has 5 rings (SSSR count). The van der Waals surface area contributed by atoms with E-state index in [0.717, 1.165) is 51.6 Å². The molecule has 1 N–H and O–H groups in total. The molecule has 1 amide bonds. The van der Waals surface area contributed by atoms with Gasteiger partial charge >= 0.3 is 0 Å². The normalized spacial score (nSPS) is 16.4. The number of hydrogen-bond donors (Lipinski definition) is 1.